The number of hydrazine groups is 1. The number of piperidine rings is 1. The van der Waals surface area contributed by atoms with Gasteiger partial charge in [-0.3, -0.25) is 10.4 Å². The molecule has 4 unspecified atom stereocenters. The smallest absolute Gasteiger partial charge is 0.179 e. The summed E-state index contributed by atoms with van der Waals surface area (Å²) in [4.78, 5) is 22.4. The second-order valence-electron chi connectivity index (χ2n) is 10.1. The van der Waals surface area contributed by atoms with E-state index in [1.54, 1.807) is 0 Å². The monoisotopic (exact) mass is 446 g/mol. The predicted molar refractivity (Wildman–Crippen MR) is 131 cm³/mol. The number of nitrogens with zero attached hydrogens (tertiary/aromatic N) is 5. The van der Waals surface area contributed by atoms with Crippen molar-refractivity contribution in [3.8, 4) is 0 Å². The van der Waals surface area contributed by atoms with Crippen molar-refractivity contribution in [2.45, 2.75) is 56.5 Å². The Labute approximate surface area is 195 Å². The minimum atomic E-state index is 0.159. The second kappa shape index (κ2) is 8.57. The standard InChI is InChI=1S/C25H34N8/c1-32(2)18-12-17(14-26-15-18)16-6-7-20-19(13-16)22(31-30-20)25-28-23-21(8-9-27-24(23)29-25)33-10-4-3-5-11-33/h8-9,12,14-16,19-20,22,30-31H,3-7,10-11,13H2,1-2H3,(H,27,28,29). The maximum Gasteiger partial charge on any atom is 0.179 e. The lowest BCUT2D eigenvalue weighted by atomic mass is 9.73. The van der Waals surface area contributed by atoms with Gasteiger partial charge in [0.05, 0.1) is 23.6 Å². The Bertz CT molecular complexity index is 1120. The lowest BCUT2D eigenvalue weighted by Gasteiger charge is -2.33. The molecule has 0 spiro atoms. The number of hydrogen-bond donors (Lipinski definition) is 3. The summed E-state index contributed by atoms with van der Waals surface area (Å²) in [6.45, 7) is 2.23. The van der Waals surface area contributed by atoms with Crippen LogP contribution in [0.3, 0.4) is 0 Å². The number of anilines is 2. The minimum Gasteiger partial charge on any atom is -0.376 e. The molecule has 3 aliphatic rings. The second-order valence-corrected chi connectivity index (χ2v) is 10.1. The van der Waals surface area contributed by atoms with Crippen molar-refractivity contribution in [3.05, 3.63) is 42.1 Å². The van der Waals surface area contributed by atoms with Gasteiger partial charge in [-0.2, -0.15) is 0 Å². The van der Waals surface area contributed by atoms with Crippen LogP contribution < -0.4 is 20.7 Å². The van der Waals surface area contributed by atoms with Gasteiger partial charge < -0.3 is 14.8 Å². The summed E-state index contributed by atoms with van der Waals surface area (Å²) in [6, 6.07) is 5.07. The largest absolute Gasteiger partial charge is 0.376 e. The molecule has 3 aromatic heterocycles. The highest BCUT2D eigenvalue weighted by Crippen LogP contribution is 2.44. The molecule has 6 rings (SSSR count). The molecular weight excluding hydrogens is 412 g/mol. The molecule has 0 amide bonds. The normalized spacial score (nSPS) is 27.6. The number of imidazole rings is 1. The number of pyridine rings is 2. The number of H-pyrrole nitrogens is 1. The van der Waals surface area contributed by atoms with Crippen LogP contribution in [0, 0.1) is 5.92 Å². The third-order valence-corrected chi connectivity index (χ3v) is 7.86. The van der Waals surface area contributed by atoms with Gasteiger partial charge in [0.25, 0.3) is 0 Å². The highest BCUT2D eigenvalue weighted by molar-refractivity contribution is 5.86. The van der Waals surface area contributed by atoms with Crippen LogP contribution in [-0.4, -0.2) is 53.2 Å². The number of aromatic amines is 1. The Kier molecular flexibility index (Phi) is 5.42. The Balaban J connectivity index is 1.27. The van der Waals surface area contributed by atoms with E-state index in [1.165, 1.54) is 42.6 Å². The summed E-state index contributed by atoms with van der Waals surface area (Å²) in [5.41, 5.74) is 12.8. The van der Waals surface area contributed by atoms with E-state index in [9.17, 15) is 0 Å². The molecule has 2 saturated heterocycles. The van der Waals surface area contributed by atoms with Gasteiger partial charge in [0.1, 0.15) is 11.3 Å². The molecule has 0 radical (unpaired) electrons. The molecule has 3 fully saturated rings. The van der Waals surface area contributed by atoms with Gasteiger partial charge in [-0.15, -0.1) is 0 Å². The van der Waals surface area contributed by atoms with Gasteiger partial charge in [0.15, 0.2) is 5.65 Å². The fourth-order valence-corrected chi connectivity index (χ4v) is 6.00. The molecule has 33 heavy (non-hydrogen) atoms. The molecule has 8 heteroatoms. The van der Waals surface area contributed by atoms with Crippen molar-refractivity contribution in [2.24, 2.45) is 5.92 Å². The molecule has 8 nitrogen and oxygen atoms in total. The number of hydrogen-bond acceptors (Lipinski definition) is 7. The lowest BCUT2D eigenvalue weighted by molar-refractivity contribution is 0.274. The molecule has 2 aliphatic heterocycles. The summed E-state index contributed by atoms with van der Waals surface area (Å²) >= 11 is 0. The first-order chi connectivity index (χ1) is 16.2. The van der Waals surface area contributed by atoms with E-state index in [4.69, 9.17) is 4.98 Å². The molecule has 1 aliphatic carbocycles. The van der Waals surface area contributed by atoms with E-state index in [-0.39, 0.29) is 6.04 Å². The van der Waals surface area contributed by atoms with E-state index in [0.29, 0.717) is 17.9 Å². The Morgan fingerprint density at radius 2 is 1.94 bits per heavy atom. The van der Waals surface area contributed by atoms with Crippen LogP contribution in [0.15, 0.2) is 30.7 Å². The maximum atomic E-state index is 4.96. The average molecular weight is 447 g/mol. The topological polar surface area (TPSA) is 85.0 Å². The number of rotatable bonds is 4. The van der Waals surface area contributed by atoms with Crippen molar-refractivity contribution in [2.75, 3.05) is 37.0 Å². The highest BCUT2D eigenvalue weighted by Gasteiger charge is 2.42. The molecule has 0 aromatic carbocycles. The summed E-state index contributed by atoms with van der Waals surface area (Å²) in [6.07, 6.45) is 13.2. The lowest BCUT2D eigenvalue weighted by Crippen LogP contribution is -2.34. The van der Waals surface area contributed by atoms with E-state index < -0.39 is 0 Å². The Morgan fingerprint density at radius 3 is 2.79 bits per heavy atom. The van der Waals surface area contributed by atoms with Crippen molar-refractivity contribution < 1.29 is 0 Å². The van der Waals surface area contributed by atoms with Crippen LogP contribution in [0.4, 0.5) is 11.4 Å². The maximum absolute atomic E-state index is 4.96. The summed E-state index contributed by atoms with van der Waals surface area (Å²) in [5, 5.41) is 0. The van der Waals surface area contributed by atoms with Gasteiger partial charge in [0.2, 0.25) is 0 Å². The third kappa shape index (κ3) is 3.85. The van der Waals surface area contributed by atoms with Gasteiger partial charge in [-0.1, -0.05) is 0 Å². The molecular formula is C25H34N8. The summed E-state index contributed by atoms with van der Waals surface area (Å²) < 4.78 is 0. The van der Waals surface area contributed by atoms with Crippen molar-refractivity contribution in [3.63, 3.8) is 0 Å². The zero-order valence-electron chi connectivity index (χ0n) is 19.6. The molecule has 3 N–H and O–H groups in total. The minimum absolute atomic E-state index is 0.159. The van der Waals surface area contributed by atoms with Crippen LogP contribution in [0.1, 0.15) is 61.9 Å². The zero-order chi connectivity index (χ0) is 22.4. The zero-order valence-corrected chi connectivity index (χ0v) is 19.6. The van der Waals surface area contributed by atoms with Gasteiger partial charge in [-0.25, -0.2) is 15.4 Å². The molecule has 3 aromatic rings. The van der Waals surface area contributed by atoms with Gasteiger partial charge in [-0.05, 0) is 68.1 Å². The van der Waals surface area contributed by atoms with Crippen LogP contribution in [0.2, 0.25) is 0 Å². The quantitative estimate of drug-likeness (QED) is 0.565. The fraction of sp³-hybridized carbons (Fsp3) is 0.560. The summed E-state index contributed by atoms with van der Waals surface area (Å²) in [7, 11) is 4.15. The van der Waals surface area contributed by atoms with E-state index in [1.807, 2.05) is 12.4 Å². The van der Waals surface area contributed by atoms with Crippen molar-refractivity contribution in [1.29, 1.82) is 0 Å². The number of aromatic nitrogens is 4. The molecule has 4 atom stereocenters. The first-order valence-electron chi connectivity index (χ1n) is 12.4. The van der Waals surface area contributed by atoms with Gasteiger partial charge >= 0.3 is 0 Å². The number of fused-ring (bicyclic) bond motifs is 2. The number of nitrogens with one attached hydrogen (secondary N) is 3. The van der Waals surface area contributed by atoms with E-state index in [0.717, 1.165) is 42.9 Å². The molecule has 5 heterocycles. The van der Waals surface area contributed by atoms with Gasteiger partial charge in [0, 0.05) is 45.6 Å². The third-order valence-electron chi connectivity index (χ3n) is 7.86. The Morgan fingerprint density at radius 1 is 1.06 bits per heavy atom. The Hall–Kier alpha value is -2.71. The molecule has 0 bridgehead atoms. The van der Waals surface area contributed by atoms with E-state index in [2.05, 4.69) is 68.0 Å². The first-order valence-corrected chi connectivity index (χ1v) is 12.4. The molecule has 174 valence electrons. The van der Waals surface area contributed by atoms with Crippen molar-refractivity contribution >= 4 is 22.5 Å². The average Bonchev–Trinajstić information content (AvgIpc) is 3.48. The van der Waals surface area contributed by atoms with Crippen LogP contribution in [0.5, 0.6) is 0 Å². The van der Waals surface area contributed by atoms with E-state index >= 15 is 0 Å². The predicted octanol–water partition coefficient (Wildman–Crippen LogP) is 3.51. The highest BCUT2D eigenvalue weighted by atomic mass is 15.4. The van der Waals surface area contributed by atoms with Crippen molar-refractivity contribution in [1.82, 2.24) is 30.8 Å². The van der Waals surface area contributed by atoms with Crippen LogP contribution >= 0.6 is 0 Å². The fourth-order valence-electron chi connectivity index (χ4n) is 6.00. The first kappa shape index (κ1) is 20.9. The SMILES string of the molecule is CN(C)c1cncc(C2CCC3NNC(c4nc5nccc(N6CCCCC6)c5[nH]4)C3C2)c1. The summed E-state index contributed by atoms with van der Waals surface area (Å²) in [5.74, 6) is 2.00. The van der Waals surface area contributed by atoms with Crippen LogP contribution in [-0.2, 0) is 0 Å². The molecule has 1 saturated carbocycles. The van der Waals surface area contributed by atoms with Crippen LogP contribution in [0.25, 0.3) is 11.2 Å².